The molecule has 0 spiro atoms. The molecule has 112 valence electrons. The van der Waals surface area contributed by atoms with Crippen molar-refractivity contribution >= 4 is 49.1 Å². The van der Waals surface area contributed by atoms with Crippen molar-refractivity contribution in [1.82, 2.24) is 4.98 Å². The number of aryl methyl sites for hydroxylation is 1. The van der Waals surface area contributed by atoms with Crippen LogP contribution in [0.15, 0.2) is 33.6 Å². The number of anilines is 2. The Labute approximate surface area is 134 Å². The van der Waals surface area contributed by atoms with Crippen molar-refractivity contribution in [3.05, 3.63) is 45.3 Å². The van der Waals surface area contributed by atoms with Crippen LogP contribution in [0.5, 0.6) is 0 Å². The fourth-order valence-electron chi connectivity index (χ4n) is 1.57. The smallest absolute Gasteiger partial charge is 0.266 e. The van der Waals surface area contributed by atoms with Crippen LogP contribution >= 0.6 is 27.5 Å². The van der Waals surface area contributed by atoms with Crippen molar-refractivity contribution in [3.63, 3.8) is 0 Å². The van der Waals surface area contributed by atoms with E-state index in [4.69, 9.17) is 17.3 Å². The normalized spacial score (nSPS) is 11.4. The molecular formula is C12H10BrClFN3O2S. The van der Waals surface area contributed by atoms with Gasteiger partial charge in [0.25, 0.3) is 10.0 Å². The van der Waals surface area contributed by atoms with E-state index >= 15 is 0 Å². The first-order valence-electron chi connectivity index (χ1n) is 5.61. The van der Waals surface area contributed by atoms with E-state index in [-0.39, 0.29) is 16.5 Å². The molecule has 0 saturated carbocycles. The molecule has 5 nitrogen and oxygen atoms in total. The van der Waals surface area contributed by atoms with Crippen molar-refractivity contribution in [2.24, 2.45) is 0 Å². The molecule has 9 heteroatoms. The Morgan fingerprint density at radius 2 is 2.05 bits per heavy atom. The molecule has 1 aromatic heterocycles. The first-order chi connectivity index (χ1) is 9.70. The molecular weight excluding hydrogens is 385 g/mol. The molecule has 21 heavy (non-hydrogen) atoms. The molecule has 3 N–H and O–H groups in total. The van der Waals surface area contributed by atoms with Crippen LogP contribution in [0.3, 0.4) is 0 Å². The van der Waals surface area contributed by atoms with Crippen molar-refractivity contribution in [2.45, 2.75) is 11.8 Å². The number of rotatable bonds is 3. The van der Waals surface area contributed by atoms with Gasteiger partial charge >= 0.3 is 0 Å². The fourth-order valence-corrected chi connectivity index (χ4v) is 3.22. The zero-order chi connectivity index (χ0) is 15.8. The van der Waals surface area contributed by atoms with Crippen LogP contribution in [-0.2, 0) is 10.0 Å². The molecule has 0 unspecified atom stereocenters. The predicted molar refractivity (Wildman–Crippen MR) is 83.3 cm³/mol. The van der Waals surface area contributed by atoms with Gasteiger partial charge in [-0.3, -0.25) is 4.72 Å². The molecule has 2 rings (SSSR count). The number of nitrogens with one attached hydrogen (secondary N) is 1. The van der Waals surface area contributed by atoms with E-state index in [9.17, 15) is 12.8 Å². The Bertz CT molecular complexity index is 814. The highest BCUT2D eigenvalue weighted by Gasteiger charge is 2.22. The molecule has 1 aromatic carbocycles. The number of halogens is 3. The lowest BCUT2D eigenvalue weighted by Gasteiger charge is -2.10. The van der Waals surface area contributed by atoms with Gasteiger partial charge in [-0.15, -0.1) is 0 Å². The van der Waals surface area contributed by atoms with Crippen molar-refractivity contribution in [3.8, 4) is 0 Å². The van der Waals surface area contributed by atoms with E-state index in [1.165, 1.54) is 6.07 Å². The SMILES string of the molecule is Cc1nc(NS(=O)(=O)c2cc(Cl)cc(N)c2F)ccc1Br. The quantitative estimate of drug-likeness (QED) is 0.782. The minimum absolute atomic E-state index is 0.0224. The second-order valence-corrected chi connectivity index (χ2v) is 7.12. The predicted octanol–water partition coefficient (Wildman–Crippen LogP) is 3.33. The van der Waals surface area contributed by atoms with E-state index in [0.29, 0.717) is 5.69 Å². The number of nitrogens with two attached hydrogens (primary N) is 1. The van der Waals surface area contributed by atoms with Gasteiger partial charge < -0.3 is 5.73 Å². The molecule has 0 radical (unpaired) electrons. The summed E-state index contributed by atoms with van der Waals surface area (Å²) in [7, 11) is -4.19. The average molecular weight is 395 g/mol. The van der Waals surface area contributed by atoms with Crippen molar-refractivity contribution in [1.29, 1.82) is 0 Å². The van der Waals surface area contributed by atoms with Gasteiger partial charge in [0.1, 0.15) is 10.7 Å². The molecule has 0 aliphatic carbocycles. The monoisotopic (exact) mass is 393 g/mol. The number of pyridine rings is 1. The van der Waals surface area contributed by atoms with E-state index in [2.05, 4.69) is 25.6 Å². The van der Waals surface area contributed by atoms with E-state index in [0.717, 1.165) is 16.6 Å². The molecule has 1 heterocycles. The first kappa shape index (κ1) is 16.0. The second-order valence-electron chi connectivity index (χ2n) is 4.18. The van der Waals surface area contributed by atoms with Gasteiger partial charge in [0.15, 0.2) is 5.82 Å². The Hall–Kier alpha value is -1.38. The van der Waals surface area contributed by atoms with Crippen LogP contribution in [0, 0.1) is 12.7 Å². The van der Waals surface area contributed by atoms with Gasteiger partial charge in [0.05, 0.1) is 11.4 Å². The summed E-state index contributed by atoms with van der Waals surface area (Å²) in [4.78, 5) is 3.40. The summed E-state index contributed by atoms with van der Waals surface area (Å²) in [5.41, 5.74) is 5.62. The molecule has 0 aliphatic rings. The molecule has 2 aromatic rings. The number of sulfonamides is 1. The van der Waals surface area contributed by atoms with Crippen molar-refractivity contribution < 1.29 is 12.8 Å². The number of hydrogen-bond acceptors (Lipinski definition) is 4. The second kappa shape index (κ2) is 5.78. The van der Waals surface area contributed by atoms with Crippen LogP contribution in [0.4, 0.5) is 15.9 Å². The average Bonchev–Trinajstić information content (AvgIpc) is 2.37. The van der Waals surface area contributed by atoms with E-state index in [1.54, 1.807) is 13.0 Å². The summed E-state index contributed by atoms with van der Waals surface area (Å²) in [6.45, 7) is 1.69. The number of nitrogens with zero attached hydrogens (tertiary/aromatic N) is 1. The van der Waals surface area contributed by atoms with E-state index in [1.807, 2.05) is 0 Å². The molecule has 0 bridgehead atoms. The Kier molecular flexibility index (Phi) is 4.40. The summed E-state index contributed by atoms with van der Waals surface area (Å²) in [6, 6.07) is 5.20. The van der Waals surface area contributed by atoms with Gasteiger partial charge in [-0.25, -0.2) is 17.8 Å². The van der Waals surface area contributed by atoms with Crippen LogP contribution < -0.4 is 10.5 Å². The van der Waals surface area contributed by atoms with Crippen LogP contribution in [0.25, 0.3) is 0 Å². The number of hydrogen-bond donors (Lipinski definition) is 2. The molecule has 0 aliphatic heterocycles. The summed E-state index contributed by atoms with van der Waals surface area (Å²) in [6.07, 6.45) is 0. The highest BCUT2D eigenvalue weighted by atomic mass is 79.9. The maximum atomic E-state index is 13.9. The topological polar surface area (TPSA) is 85.1 Å². The minimum atomic E-state index is -4.19. The van der Waals surface area contributed by atoms with Crippen LogP contribution in [0.2, 0.25) is 5.02 Å². The third-order valence-electron chi connectivity index (χ3n) is 2.58. The van der Waals surface area contributed by atoms with Crippen LogP contribution in [-0.4, -0.2) is 13.4 Å². The fraction of sp³-hybridized carbons (Fsp3) is 0.0833. The lowest BCUT2D eigenvalue weighted by Crippen LogP contribution is -2.16. The Morgan fingerprint density at radius 3 is 2.67 bits per heavy atom. The molecule has 0 atom stereocenters. The Morgan fingerprint density at radius 1 is 1.38 bits per heavy atom. The summed E-state index contributed by atoms with van der Waals surface area (Å²) < 4.78 is 41.2. The van der Waals surface area contributed by atoms with Gasteiger partial charge in [-0.2, -0.15) is 0 Å². The standard InChI is InChI=1S/C12H10BrClFN3O2S/c1-6-8(13)2-3-11(17-6)18-21(19,20)10-5-7(14)4-9(16)12(10)15/h2-5H,16H2,1H3,(H,17,18). The largest absolute Gasteiger partial charge is 0.396 e. The Balaban J connectivity index is 2.45. The molecule has 0 saturated heterocycles. The van der Waals surface area contributed by atoms with Gasteiger partial charge in [0, 0.05) is 9.50 Å². The third kappa shape index (κ3) is 3.45. The highest BCUT2D eigenvalue weighted by molar-refractivity contribution is 9.10. The van der Waals surface area contributed by atoms with Gasteiger partial charge in [-0.1, -0.05) is 11.6 Å². The molecule has 0 fully saturated rings. The zero-order valence-corrected chi connectivity index (χ0v) is 13.9. The number of nitrogen functional groups attached to an aromatic ring is 1. The van der Waals surface area contributed by atoms with Gasteiger partial charge in [-0.05, 0) is 47.1 Å². The van der Waals surface area contributed by atoms with E-state index < -0.39 is 20.7 Å². The third-order valence-corrected chi connectivity index (χ3v) is 4.99. The number of benzene rings is 1. The molecule has 0 amide bonds. The first-order valence-corrected chi connectivity index (χ1v) is 8.26. The zero-order valence-electron chi connectivity index (χ0n) is 10.7. The van der Waals surface area contributed by atoms with Gasteiger partial charge in [0.2, 0.25) is 0 Å². The highest BCUT2D eigenvalue weighted by Crippen LogP contribution is 2.27. The lowest BCUT2D eigenvalue weighted by molar-refractivity contribution is 0.573. The minimum Gasteiger partial charge on any atom is -0.396 e. The summed E-state index contributed by atoms with van der Waals surface area (Å²) in [5, 5.41) is 0.0224. The van der Waals surface area contributed by atoms with Crippen molar-refractivity contribution in [2.75, 3.05) is 10.5 Å². The maximum Gasteiger partial charge on any atom is 0.266 e. The lowest BCUT2D eigenvalue weighted by atomic mass is 10.3. The maximum absolute atomic E-state index is 13.9. The number of aromatic nitrogens is 1. The summed E-state index contributed by atoms with van der Waals surface area (Å²) >= 11 is 8.97. The summed E-state index contributed by atoms with van der Waals surface area (Å²) in [5.74, 6) is -0.991. The van der Waals surface area contributed by atoms with Crippen LogP contribution in [0.1, 0.15) is 5.69 Å².